The standard InChI is InChI=1S/C11H25N3O/c1-13(2)11-8-12-5-4-10(11)9-14(3)6-7-15/h10-12,15H,4-9H2,1-3H3. The summed E-state index contributed by atoms with van der Waals surface area (Å²) in [7, 11) is 6.39. The molecule has 15 heavy (non-hydrogen) atoms. The molecule has 2 N–H and O–H groups in total. The molecule has 0 bridgehead atoms. The Kier molecular flexibility index (Phi) is 5.53. The predicted molar refractivity (Wildman–Crippen MR) is 63.0 cm³/mol. The van der Waals surface area contributed by atoms with Crippen molar-refractivity contribution in [1.29, 1.82) is 0 Å². The van der Waals surface area contributed by atoms with E-state index in [4.69, 9.17) is 5.11 Å². The van der Waals surface area contributed by atoms with E-state index in [2.05, 4.69) is 36.3 Å². The largest absolute Gasteiger partial charge is 0.395 e. The maximum atomic E-state index is 8.88. The molecule has 1 heterocycles. The third-order valence-electron chi connectivity index (χ3n) is 3.28. The Morgan fingerprint density at radius 1 is 1.33 bits per heavy atom. The van der Waals surface area contributed by atoms with E-state index in [1.165, 1.54) is 6.42 Å². The van der Waals surface area contributed by atoms with E-state index >= 15 is 0 Å². The second kappa shape index (κ2) is 6.43. The van der Waals surface area contributed by atoms with Crippen LogP contribution in [-0.4, -0.2) is 74.9 Å². The molecule has 1 saturated heterocycles. The third-order valence-corrected chi connectivity index (χ3v) is 3.28. The zero-order chi connectivity index (χ0) is 11.3. The van der Waals surface area contributed by atoms with Crippen LogP contribution in [0.1, 0.15) is 6.42 Å². The first-order valence-electron chi connectivity index (χ1n) is 5.81. The molecule has 0 aromatic rings. The number of nitrogens with zero attached hydrogens (tertiary/aromatic N) is 2. The van der Waals surface area contributed by atoms with Gasteiger partial charge in [-0.25, -0.2) is 0 Å². The van der Waals surface area contributed by atoms with Gasteiger partial charge < -0.3 is 20.2 Å². The van der Waals surface area contributed by atoms with Gasteiger partial charge in [0, 0.05) is 25.7 Å². The van der Waals surface area contributed by atoms with Crippen LogP contribution in [0.5, 0.6) is 0 Å². The van der Waals surface area contributed by atoms with Crippen LogP contribution in [0.3, 0.4) is 0 Å². The van der Waals surface area contributed by atoms with E-state index < -0.39 is 0 Å². The van der Waals surface area contributed by atoms with E-state index in [0.717, 1.165) is 32.1 Å². The molecule has 4 heteroatoms. The van der Waals surface area contributed by atoms with Gasteiger partial charge in [-0.15, -0.1) is 0 Å². The summed E-state index contributed by atoms with van der Waals surface area (Å²) in [5.74, 6) is 0.720. The van der Waals surface area contributed by atoms with E-state index in [1.54, 1.807) is 0 Å². The fourth-order valence-corrected chi connectivity index (χ4v) is 2.38. The average Bonchev–Trinajstić information content (AvgIpc) is 2.18. The Morgan fingerprint density at radius 3 is 2.67 bits per heavy atom. The van der Waals surface area contributed by atoms with E-state index in [9.17, 15) is 0 Å². The van der Waals surface area contributed by atoms with Crippen molar-refractivity contribution in [1.82, 2.24) is 15.1 Å². The van der Waals surface area contributed by atoms with Crippen LogP contribution < -0.4 is 5.32 Å². The van der Waals surface area contributed by atoms with Crippen LogP contribution in [0.15, 0.2) is 0 Å². The Balaban J connectivity index is 2.42. The van der Waals surface area contributed by atoms with Crippen LogP contribution in [0.25, 0.3) is 0 Å². The lowest BCUT2D eigenvalue weighted by Gasteiger charge is -2.38. The summed E-state index contributed by atoms with van der Waals surface area (Å²) in [6.07, 6.45) is 1.23. The minimum absolute atomic E-state index is 0.258. The summed E-state index contributed by atoms with van der Waals surface area (Å²) in [5, 5.41) is 12.3. The van der Waals surface area contributed by atoms with Crippen molar-refractivity contribution in [2.24, 2.45) is 5.92 Å². The molecule has 0 spiro atoms. The summed E-state index contributed by atoms with van der Waals surface area (Å²) >= 11 is 0. The van der Waals surface area contributed by atoms with Gasteiger partial charge >= 0.3 is 0 Å². The predicted octanol–water partition coefficient (Wildman–Crippen LogP) is -0.550. The monoisotopic (exact) mass is 215 g/mol. The zero-order valence-electron chi connectivity index (χ0n) is 10.2. The highest BCUT2D eigenvalue weighted by Crippen LogP contribution is 2.17. The summed E-state index contributed by atoms with van der Waals surface area (Å²) in [5.41, 5.74) is 0. The number of likely N-dealkylation sites (N-methyl/N-ethyl adjacent to an activating group) is 2. The smallest absolute Gasteiger partial charge is 0.0558 e. The highest BCUT2D eigenvalue weighted by Gasteiger charge is 2.27. The SMILES string of the molecule is CN(CCO)CC1CCNCC1N(C)C. The van der Waals surface area contributed by atoms with Gasteiger partial charge in [-0.1, -0.05) is 0 Å². The van der Waals surface area contributed by atoms with Crippen molar-refractivity contribution < 1.29 is 5.11 Å². The van der Waals surface area contributed by atoms with Crippen molar-refractivity contribution >= 4 is 0 Å². The van der Waals surface area contributed by atoms with E-state index in [1.807, 2.05) is 0 Å². The number of hydrogen-bond donors (Lipinski definition) is 2. The molecule has 0 radical (unpaired) electrons. The fourth-order valence-electron chi connectivity index (χ4n) is 2.38. The van der Waals surface area contributed by atoms with Crippen LogP contribution in [0.2, 0.25) is 0 Å². The minimum atomic E-state index is 0.258. The Hall–Kier alpha value is -0.160. The van der Waals surface area contributed by atoms with Crippen LogP contribution in [-0.2, 0) is 0 Å². The van der Waals surface area contributed by atoms with Gasteiger partial charge in [0.2, 0.25) is 0 Å². The second-order valence-corrected chi connectivity index (χ2v) is 4.77. The van der Waals surface area contributed by atoms with Gasteiger partial charge in [0.25, 0.3) is 0 Å². The molecule has 0 aromatic heterocycles. The molecule has 2 unspecified atom stereocenters. The molecule has 1 fully saturated rings. The summed E-state index contributed by atoms with van der Waals surface area (Å²) in [4.78, 5) is 4.54. The maximum absolute atomic E-state index is 8.88. The first kappa shape index (κ1) is 12.9. The minimum Gasteiger partial charge on any atom is -0.395 e. The van der Waals surface area contributed by atoms with Crippen molar-refractivity contribution in [3.8, 4) is 0 Å². The second-order valence-electron chi connectivity index (χ2n) is 4.77. The van der Waals surface area contributed by atoms with Crippen molar-refractivity contribution in [3.05, 3.63) is 0 Å². The Morgan fingerprint density at radius 2 is 2.07 bits per heavy atom. The molecule has 0 saturated carbocycles. The van der Waals surface area contributed by atoms with Gasteiger partial charge in [0.05, 0.1) is 6.61 Å². The molecule has 0 amide bonds. The molecule has 1 rings (SSSR count). The Labute approximate surface area is 93.2 Å². The topological polar surface area (TPSA) is 38.7 Å². The highest BCUT2D eigenvalue weighted by atomic mass is 16.3. The molecule has 90 valence electrons. The van der Waals surface area contributed by atoms with Crippen LogP contribution in [0.4, 0.5) is 0 Å². The van der Waals surface area contributed by atoms with Gasteiger partial charge in [0.15, 0.2) is 0 Å². The quantitative estimate of drug-likeness (QED) is 0.645. The lowest BCUT2D eigenvalue weighted by molar-refractivity contribution is 0.122. The van der Waals surface area contributed by atoms with Gasteiger partial charge in [0.1, 0.15) is 0 Å². The lowest BCUT2D eigenvalue weighted by Crippen LogP contribution is -2.51. The molecular weight excluding hydrogens is 190 g/mol. The number of aliphatic hydroxyl groups excluding tert-OH is 1. The molecule has 0 aromatic carbocycles. The number of rotatable bonds is 5. The van der Waals surface area contributed by atoms with Gasteiger partial charge in [-0.2, -0.15) is 0 Å². The first-order valence-corrected chi connectivity index (χ1v) is 5.81. The molecule has 4 nitrogen and oxygen atoms in total. The molecule has 2 atom stereocenters. The van der Waals surface area contributed by atoms with E-state index in [0.29, 0.717) is 6.04 Å². The molecular formula is C11H25N3O. The number of nitrogens with one attached hydrogen (secondary N) is 1. The van der Waals surface area contributed by atoms with Gasteiger partial charge in [-0.3, -0.25) is 0 Å². The summed E-state index contributed by atoms with van der Waals surface area (Å²) < 4.78 is 0. The Bertz CT molecular complexity index is 175. The average molecular weight is 215 g/mol. The van der Waals surface area contributed by atoms with Crippen LogP contribution in [0, 0.1) is 5.92 Å². The van der Waals surface area contributed by atoms with E-state index in [-0.39, 0.29) is 6.61 Å². The first-order chi connectivity index (χ1) is 7.15. The number of aliphatic hydroxyl groups is 1. The zero-order valence-corrected chi connectivity index (χ0v) is 10.2. The fraction of sp³-hybridized carbons (Fsp3) is 1.00. The summed E-state index contributed by atoms with van der Waals surface area (Å²) in [6, 6.07) is 0.625. The van der Waals surface area contributed by atoms with Crippen LogP contribution >= 0.6 is 0 Å². The maximum Gasteiger partial charge on any atom is 0.0558 e. The van der Waals surface area contributed by atoms with Crippen molar-refractivity contribution in [2.75, 3.05) is 53.9 Å². The number of hydrogen-bond acceptors (Lipinski definition) is 4. The third kappa shape index (κ3) is 4.07. The highest BCUT2D eigenvalue weighted by molar-refractivity contribution is 4.84. The van der Waals surface area contributed by atoms with Crippen molar-refractivity contribution in [2.45, 2.75) is 12.5 Å². The molecule has 0 aliphatic carbocycles. The van der Waals surface area contributed by atoms with Crippen molar-refractivity contribution in [3.63, 3.8) is 0 Å². The molecule has 1 aliphatic rings. The van der Waals surface area contributed by atoms with Gasteiger partial charge in [-0.05, 0) is 40.0 Å². The normalized spacial score (nSPS) is 27.6. The number of piperidine rings is 1. The lowest BCUT2D eigenvalue weighted by atomic mass is 9.91. The molecule has 1 aliphatic heterocycles. The summed E-state index contributed by atoms with van der Waals surface area (Å²) in [6.45, 7) is 4.34.